The molecule has 0 aliphatic rings. The maximum atomic E-state index is 9.96. The molecule has 0 atom stereocenters. The minimum Gasteiger partial charge on any atom is -0.508 e. The summed E-state index contributed by atoms with van der Waals surface area (Å²) in [5.41, 5.74) is 1.88. The number of para-hydroxylation sites is 1. The lowest BCUT2D eigenvalue weighted by Gasteiger charge is -2.26. The highest BCUT2D eigenvalue weighted by Gasteiger charge is 2.27. The van der Waals surface area contributed by atoms with Gasteiger partial charge in [-0.2, -0.15) is 0 Å². The van der Waals surface area contributed by atoms with Gasteiger partial charge in [-0.25, -0.2) is 0 Å². The quantitative estimate of drug-likeness (QED) is 0.871. The van der Waals surface area contributed by atoms with Crippen molar-refractivity contribution < 1.29 is 10.2 Å². The average molecular weight is 243 g/mol. The second-order valence-electron chi connectivity index (χ2n) is 4.81. The minimum absolute atomic E-state index is 0.0787. The number of aromatic nitrogens is 1. The number of rotatable bonds is 3. The van der Waals surface area contributed by atoms with E-state index in [1.54, 1.807) is 18.2 Å². The number of aliphatic hydroxyl groups excluding tert-OH is 1. The molecule has 0 saturated heterocycles. The molecule has 1 heterocycles. The van der Waals surface area contributed by atoms with E-state index in [-0.39, 0.29) is 12.4 Å². The van der Waals surface area contributed by atoms with E-state index in [1.165, 1.54) is 0 Å². The third-order valence-corrected chi connectivity index (χ3v) is 3.19. The first kappa shape index (κ1) is 12.6. The summed E-state index contributed by atoms with van der Waals surface area (Å²) in [5, 5.41) is 19.1. The molecule has 2 aromatic rings. The summed E-state index contributed by atoms with van der Waals surface area (Å²) in [6.45, 7) is 3.93. The van der Waals surface area contributed by atoms with Gasteiger partial charge in [-0.3, -0.25) is 4.98 Å². The van der Waals surface area contributed by atoms with Crippen LogP contribution in [-0.2, 0) is 12.0 Å². The van der Waals surface area contributed by atoms with Gasteiger partial charge in [-0.15, -0.1) is 0 Å². The number of hydrogen-bond acceptors (Lipinski definition) is 3. The molecule has 3 heteroatoms. The van der Waals surface area contributed by atoms with Gasteiger partial charge in [0.25, 0.3) is 0 Å². The third kappa shape index (κ3) is 2.22. The Balaban J connectivity index is 2.50. The van der Waals surface area contributed by atoms with Crippen molar-refractivity contribution in [3.63, 3.8) is 0 Å². The van der Waals surface area contributed by atoms with Gasteiger partial charge in [0.1, 0.15) is 5.75 Å². The van der Waals surface area contributed by atoms with E-state index in [0.717, 1.165) is 11.3 Å². The summed E-state index contributed by atoms with van der Waals surface area (Å²) in [5.74, 6) is 0.263. The van der Waals surface area contributed by atoms with Crippen molar-refractivity contribution in [1.29, 1.82) is 0 Å². The van der Waals surface area contributed by atoms with Crippen molar-refractivity contribution in [3.05, 3.63) is 59.4 Å². The fraction of sp³-hybridized carbons (Fsp3) is 0.267. The van der Waals surface area contributed by atoms with Crippen LogP contribution in [-0.4, -0.2) is 15.2 Å². The Morgan fingerprint density at radius 2 is 1.78 bits per heavy atom. The first-order valence-corrected chi connectivity index (χ1v) is 5.91. The molecular formula is C15H17NO2. The highest BCUT2D eigenvalue weighted by atomic mass is 16.3. The summed E-state index contributed by atoms with van der Waals surface area (Å²) >= 11 is 0. The van der Waals surface area contributed by atoms with Crippen molar-refractivity contribution in [3.8, 4) is 5.75 Å². The topological polar surface area (TPSA) is 53.4 Å². The van der Waals surface area contributed by atoms with Crippen molar-refractivity contribution in [1.82, 2.24) is 4.98 Å². The van der Waals surface area contributed by atoms with E-state index >= 15 is 0 Å². The Bertz CT molecular complexity index is 550. The predicted octanol–water partition coefficient (Wildman–Crippen LogP) is 2.61. The Morgan fingerprint density at radius 3 is 2.44 bits per heavy atom. The monoisotopic (exact) mass is 243 g/mol. The molecule has 3 nitrogen and oxygen atoms in total. The number of hydrogen-bond donors (Lipinski definition) is 2. The number of phenolic OH excluding ortho intramolecular Hbond substituents is 1. The number of benzene rings is 1. The van der Waals surface area contributed by atoms with Crippen LogP contribution in [0.3, 0.4) is 0 Å². The first-order chi connectivity index (χ1) is 8.55. The van der Waals surface area contributed by atoms with Crippen LogP contribution >= 0.6 is 0 Å². The van der Waals surface area contributed by atoms with E-state index in [9.17, 15) is 5.11 Å². The van der Waals surface area contributed by atoms with Gasteiger partial charge in [-0.1, -0.05) is 38.1 Å². The van der Waals surface area contributed by atoms with Crippen LogP contribution in [0.5, 0.6) is 5.75 Å². The second-order valence-corrected chi connectivity index (χ2v) is 4.81. The molecule has 0 fully saturated rings. The minimum atomic E-state index is -0.406. The van der Waals surface area contributed by atoms with Gasteiger partial charge >= 0.3 is 0 Å². The second kappa shape index (κ2) is 4.78. The summed E-state index contributed by atoms with van der Waals surface area (Å²) in [6, 6.07) is 12.8. The third-order valence-electron chi connectivity index (χ3n) is 3.19. The van der Waals surface area contributed by atoms with E-state index < -0.39 is 5.41 Å². The molecule has 1 aromatic carbocycles. The van der Waals surface area contributed by atoms with Gasteiger partial charge in [0, 0.05) is 11.0 Å². The Labute approximate surface area is 107 Å². The Hall–Kier alpha value is -1.87. The molecule has 0 spiro atoms. The maximum absolute atomic E-state index is 9.96. The summed E-state index contributed by atoms with van der Waals surface area (Å²) in [6.07, 6.45) is 0. The maximum Gasteiger partial charge on any atom is 0.119 e. The number of aromatic hydroxyl groups is 1. The molecule has 0 unspecified atom stereocenters. The standard InChI is InChI=1S/C15H17NO2/c1-15(2,12-7-3-4-8-13(12)18)14-9-5-6-11(10-17)16-14/h3-9,17-18H,10H2,1-2H3. The number of aliphatic hydroxyl groups is 1. The van der Waals surface area contributed by atoms with Gasteiger partial charge < -0.3 is 10.2 Å². The van der Waals surface area contributed by atoms with Gasteiger partial charge in [0.05, 0.1) is 18.0 Å². The zero-order valence-electron chi connectivity index (χ0n) is 10.6. The lowest BCUT2D eigenvalue weighted by molar-refractivity contribution is 0.276. The smallest absolute Gasteiger partial charge is 0.119 e. The number of nitrogens with zero attached hydrogens (tertiary/aromatic N) is 1. The van der Waals surface area contributed by atoms with E-state index in [4.69, 9.17) is 5.11 Å². The SMILES string of the molecule is CC(C)(c1cccc(CO)n1)c1ccccc1O. The zero-order chi connectivity index (χ0) is 13.2. The van der Waals surface area contributed by atoms with Crippen LogP contribution < -0.4 is 0 Å². The first-order valence-electron chi connectivity index (χ1n) is 5.91. The normalized spacial score (nSPS) is 11.5. The summed E-state index contributed by atoms with van der Waals surface area (Å²) in [4.78, 5) is 4.42. The van der Waals surface area contributed by atoms with E-state index in [0.29, 0.717) is 5.69 Å². The Kier molecular flexibility index (Phi) is 3.34. The van der Waals surface area contributed by atoms with E-state index in [1.807, 2.05) is 38.1 Å². The van der Waals surface area contributed by atoms with Crippen molar-refractivity contribution in [2.45, 2.75) is 25.9 Å². The van der Waals surface area contributed by atoms with Gasteiger partial charge in [0.15, 0.2) is 0 Å². The molecule has 0 radical (unpaired) electrons. The molecule has 2 rings (SSSR count). The fourth-order valence-electron chi connectivity index (χ4n) is 2.06. The predicted molar refractivity (Wildman–Crippen MR) is 70.4 cm³/mol. The molecule has 18 heavy (non-hydrogen) atoms. The molecule has 0 aliphatic heterocycles. The largest absolute Gasteiger partial charge is 0.508 e. The van der Waals surface area contributed by atoms with Crippen LogP contribution in [0.2, 0.25) is 0 Å². The van der Waals surface area contributed by atoms with Crippen molar-refractivity contribution >= 4 is 0 Å². The molecule has 2 N–H and O–H groups in total. The molecular weight excluding hydrogens is 226 g/mol. The fourth-order valence-corrected chi connectivity index (χ4v) is 2.06. The lowest BCUT2D eigenvalue weighted by Crippen LogP contribution is -2.21. The highest BCUT2D eigenvalue weighted by Crippen LogP contribution is 2.35. The summed E-state index contributed by atoms with van der Waals surface area (Å²) < 4.78 is 0. The van der Waals surface area contributed by atoms with Crippen molar-refractivity contribution in [2.75, 3.05) is 0 Å². The van der Waals surface area contributed by atoms with Gasteiger partial charge in [0.2, 0.25) is 0 Å². The van der Waals surface area contributed by atoms with Crippen LogP contribution in [0, 0.1) is 0 Å². The molecule has 0 saturated carbocycles. The number of pyridine rings is 1. The zero-order valence-corrected chi connectivity index (χ0v) is 10.6. The van der Waals surface area contributed by atoms with Crippen LogP contribution in [0.25, 0.3) is 0 Å². The van der Waals surface area contributed by atoms with Crippen LogP contribution in [0.4, 0.5) is 0 Å². The molecule has 1 aromatic heterocycles. The molecule has 94 valence electrons. The molecule has 0 bridgehead atoms. The molecule has 0 aliphatic carbocycles. The van der Waals surface area contributed by atoms with Gasteiger partial charge in [-0.05, 0) is 18.2 Å². The average Bonchev–Trinajstić information content (AvgIpc) is 2.39. The van der Waals surface area contributed by atoms with Crippen LogP contribution in [0.15, 0.2) is 42.5 Å². The molecule has 0 amide bonds. The van der Waals surface area contributed by atoms with Crippen LogP contribution in [0.1, 0.15) is 30.8 Å². The Morgan fingerprint density at radius 1 is 1.06 bits per heavy atom. The number of phenols is 1. The van der Waals surface area contributed by atoms with E-state index in [2.05, 4.69) is 4.98 Å². The summed E-state index contributed by atoms with van der Waals surface area (Å²) in [7, 11) is 0. The highest BCUT2D eigenvalue weighted by molar-refractivity contribution is 5.43. The lowest BCUT2D eigenvalue weighted by atomic mass is 9.80. The van der Waals surface area contributed by atoms with Crippen molar-refractivity contribution in [2.24, 2.45) is 0 Å².